The highest BCUT2D eigenvalue weighted by Crippen LogP contribution is 2.31. The monoisotopic (exact) mass is 263 g/mol. The first-order chi connectivity index (χ1) is 8.94. The largest absolute Gasteiger partial charge is 0.308 e. The number of nitrogens with one attached hydrogen (secondary N) is 1. The molecule has 0 radical (unpaired) electrons. The lowest BCUT2D eigenvalue weighted by Crippen LogP contribution is -2.35. The van der Waals surface area contributed by atoms with Gasteiger partial charge in [0.15, 0.2) is 0 Å². The van der Waals surface area contributed by atoms with Crippen LogP contribution in [0.25, 0.3) is 0 Å². The van der Waals surface area contributed by atoms with E-state index in [1.165, 1.54) is 29.8 Å². The summed E-state index contributed by atoms with van der Waals surface area (Å²) < 4.78 is 2.29. The second kappa shape index (κ2) is 5.66. The number of aromatic nitrogens is 2. The summed E-state index contributed by atoms with van der Waals surface area (Å²) in [5.41, 5.74) is 4.34. The molecule has 0 spiro atoms. The summed E-state index contributed by atoms with van der Waals surface area (Å²) in [4.78, 5) is 0. The summed E-state index contributed by atoms with van der Waals surface area (Å²) in [5.74, 6) is 0.887. The van der Waals surface area contributed by atoms with Crippen molar-refractivity contribution in [2.45, 2.75) is 78.9 Å². The molecule has 1 saturated carbocycles. The van der Waals surface area contributed by atoms with Gasteiger partial charge in [-0.15, -0.1) is 0 Å². The number of rotatable bonds is 6. The number of nitrogens with zero attached hydrogens (tertiary/aromatic N) is 2. The Morgan fingerprint density at radius 3 is 2.37 bits per heavy atom. The van der Waals surface area contributed by atoms with Crippen LogP contribution in [0.1, 0.15) is 64.4 Å². The second-order valence-corrected chi connectivity index (χ2v) is 6.81. The fraction of sp³-hybridized carbons (Fsp3) is 0.812. The van der Waals surface area contributed by atoms with Gasteiger partial charge in [-0.2, -0.15) is 5.10 Å². The molecule has 19 heavy (non-hydrogen) atoms. The quantitative estimate of drug-likeness (QED) is 0.853. The van der Waals surface area contributed by atoms with Gasteiger partial charge in [0, 0.05) is 29.9 Å². The average Bonchev–Trinajstić information content (AvgIpc) is 3.06. The molecule has 1 aliphatic carbocycles. The molecule has 0 aliphatic heterocycles. The molecular formula is C16H29N3. The predicted molar refractivity (Wildman–Crippen MR) is 80.3 cm³/mol. The van der Waals surface area contributed by atoms with E-state index in [2.05, 4.69) is 44.6 Å². The third-order valence-electron chi connectivity index (χ3n) is 3.84. The van der Waals surface area contributed by atoms with Crippen LogP contribution in [0.3, 0.4) is 0 Å². The van der Waals surface area contributed by atoms with E-state index in [0.29, 0.717) is 0 Å². The van der Waals surface area contributed by atoms with Crippen molar-refractivity contribution in [2.24, 2.45) is 5.92 Å². The first-order valence-corrected chi connectivity index (χ1v) is 7.77. The van der Waals surface area contributed by atoms with Crippen LogP contribution in [0.15, 0.2) is 0 Å². The van der Waals surface area contributed by atoms with E-state index in [1.54, 1.807) is 0 Å². The first-order valence-electron chi connectivity index (χ1n) is 7.77. The van der Waals surface area contributed by atoms with Gasteiger partial charge in [0.1, 0.15) is 0 Å². The van der Waals surface area contributed by atoms with Crippen molar-refractivity contribution >= 4 is 0 Å². The molecular weight excluding hydrogens is 234 g/mol. The molecule has 0 bridgehead atoms. The third-order valence-corrected chi connectivity index (χ3v) is 3.84. The highest BCUT2D eigenvalue weighted by atomic mass is 15.3. The molecule has 1 aliphatic rings. The summed E-state index contributed by atoms with van der Waals surface area (Å²) in [6.45, 7) is 13.2. The first kappa shape index (κ1) is 14.6. The number of hydrogen-bond acceptors (Lipinski definition) is 2. The van der Waals surface area contributed by atoms with Gasteiger partial charge in [-0.1, -0.05) is 13.8 Å². The Balaban J connectivity index is 2.20. The summed E-state index contributed by atoms with van der Waals surface area (Å²) in [5, 5.41) is 8.47. The minimum absolute atomic E-state index is 0.161. The van der Waals surface area contributed by atoms with E-state index < -0.39 is 0 Å². The molecule has 0 aromatic carbocycles. The molecule has 108 valence electrons. The Labute approximate surface area is 117 Å². The maximum Gasteiger partial charge on any atom is 0.0669 e. The van der Waals surface area contributed by atoms with E-state index in [4.69, 9.17) is 5.10 Å². The summed E-state index contributed by atoms with van der Waals surface area (Å²) in [6.07, 6.45) is 4.90. The fourth-order valence-corrected chi connectivity index (χ4v) is 2.52. The SMILES string of the molecule is CCc1nn(CC2CC2)c(CC)c1CNC(C)(C)C. The van der Waals surface area contributed by atoms with Crippen LogP contribution in [-0.2, 0) is 25.9 Å². The van der Waals surface area contributed by atoms with Crippen molar-refractivity contribution in [3.05, 3.63) is 17.0 Å². The van der Waals surface area contributed by atoms with Gasteiger partial charge in [-0.05, 0) is 52.4 Å². The Morgan fingerprint density at radius 1 is 1.21 bits per heavy atom. The molecule has 1 heterocycles. The number of hydrogen-bond donors (Lipinski definition) is 1. The van der Waals surface area contributed by atoms with Crippen LogP contribution >= 0.6 is 0 Å². The van der Waals surface area contributed by atoms with Gasteiger partial charge in [0.2, 0.25) is 0 Å². The van der Waals surface area contributed by atoms with Crippen molar-refractivity contribution in [1.82, 2.24) is 15.1 Å². The van der Waals surface area contributed by atoms with Crippen molar-refractivity contribution in [1.29, 1.82) is 0 Å². The fourth-order valence-electron chi connectivity index (χ4n) is 2.52. The molecule has 1 aromatic heterocycles. The van der Waals surface area contributed by atoms with E-state index in [9.17, 15) is 0 Å². The smallest absolute Gasteiger partial charge is 0.0669 e. The molecule has 0 atom stereocenters. The Hall–Kier alpha value is -0.830. The van der Waals surface area contributed by atoms with Crippen LogP contribution < -0.4 is 5.32 Å². The summed E-state index contributed by atoms with van der Waals surface area (Å²) in [6, 6.07) is 0. The topological polar surface area (TPSA) is 29.9 Å². The predicted octanol–water partition coefficient (Wildman–Crippen LogP) is 3.31. The van der Waals surface area contributed by atoms with Crippen LogP contribution in [-0.4, -0.2) is 15.3 Å². The van der Waals surface area contributed by atoms with Gasteiger partial charge >= 0.3 is 0 Å². The zero-order valence-electron chi connectivity index (χ0n) is 13.2. The molecule has 1 N–H and O–H groups in total. The molecule has 0 amide bonds. The van der Waals surface area contributed by atoms with E-state index in [0.717, 1.165) is 31.8 Å². The zero-order valence-corrected chi connectivity index (χ0v) is 13.2. The molecule has 3 nitrogen and oxygen atoms in total. The zero-order chi connectivity index (χ0) is 14.0. The highest BCUT2D eigenvalue weighted by Gasteiger charge is 2.25. The van der Waals surface area contributed by atoms with E-state index in [-0.39, 0.29) is 5.54 Å². The maximum absolute atomic E-state index is 4.86. The lowest BCUT2D eigenvalue weighted by molar-refractivity contribution is 0.422. The average molecular weight is 263 g/mol. The molecule has 0 saturated heterocycles. The van der Waals surface area contributed by atoms with Crippen molar-refractivity contribution in [3.8, 4) is 0 Å². The van der Waals surface area contributed by atoms with Gasteiger partial charge in [-0.3, -0.25) is 4.68 Å². The minimum Gasteiger partial charge on any atom is -0.308 e. The van der Waals surface area contributed by atoms with Gasteiger partial charge in [-0.25, -0.2) is 0 Å². The van der Waals surface area contributed by atoms with Gasteiger partial charge < -0.3 is 5.32 Å². The summed E-state index contributed by atoms with van der Waals surface area (Å²) in [7, 11) is 0. The normalized spacial score (nSPS) is 16.1. The van der Waals surface area contributed by atoms with Crippen molar-refractivity contribution in [2.75, 3.05) is 0 Å². The Bertz CT molecular complexity index is 422. The molecule has 2 rings (SSSR count). The lowest BCUT2D eigenvalue weighted by Gasteiger charge is -2.21. The van der Waals surface area contributed by atoms with E-state index in [1.807, 2.05) is 0 Å². The van der Waals surface area contributed by atoms with Crippen LogP contribution in [0, 0.1) is 5.92 Å². The molecule has 1 aromatic rings. The second-order valence-electron chi connectivity index (χ2n) is 6.81. The van der Waals surface area contributed by atoms with Crippen molar-refractivity contribution < 1.29 is 0 Å². The number of aryl methyl sites for hydroxylation is 1. The van der Waals surface area contributed by atoms with E-state index >= 15 is 0 Å². The van der Waals surface area contributed by atoms with Crippen molar-refractivity contribution in [3.63, 3.8) is 0 Å². The van der Waals surface area contributed by atoms with Gasteiger partial charge in [0.25, 0.3) is 0 Å². The Morgan fingerprint density at radius 2 is 1.89 bits per heavy atom. The van der Waals surface area contributed by atoms with Gasteiger partial charge in [0.05, 0.1) is 5.69 Å². The molecule has 0 unspecified atom stereocenters. The molecule has 1 fully saturated rings. The maximum atomic E-state index is 4.86. The van der Waals surface area contributed by atoms with Crippen LogP contribution in [0.5, 0.6) is 0 Å². The lowest BCUT2D eigenvalue weighted by atomic mass is 10.1. The molecule has 3 heteroatoms. The minimum atomic E-state index is 0.161. The summed E-state index contributed by atoms with van der Waals surface area (Å²) >= 11 is 0. The Kier molecular flexibility index (Phi) is 4.34. The van der Waals surface area contributed by atoms with Crippen LogP contribution in [0.4, 0.5) is 0 Å². The third kappa shape index (κ3) is 3.82. The standard InChI is InChI=1S/C16H29N3/c1-6-14-13(10-17-16(3,4)5)15(7-2)19(18-14)11-12-8-9-12/h12,17H,6-11H2,1-5H3. The van der Waals surface area contributed by atoms with Crippen LogP contribution in [0.2, 0.25) is 0 Å². The highest BCUT2D eigenvalue weighted by molar-refractivity contribution is 5.27.